The van der Waals surface area contributed by atoms with Gasteiger partial charge in [0.2, 0.25) is 11.8 Å². The average Bonchev–Trinajstić information content (AvgIpc) is 2.52. The summed E-state index contributed by atoms with van der Waals surface area (Å²) in [6, 6.07) is 2.03. The van der Waals surface area contributed by atoms with Gasteiger partial charge in [0.1, 0.15) is 5.78 Å². The monoisotopic (exact) mass is 504 g/mol. The van der Waals surface area contributed by atoms with E-state index in [9.17, 15) is 27.6 Å². The van der Waals surface area contributed by atoms with E-state index in [0.717, 1.165) is 13.8 Å². The highest BCUT2D eigenvalue weighted by atomic mass is 19.3. The van der Waals surface area contributed by atoms with Crippen LogP contribution in [0.4, 0.5) is 13.2 Å². The summed E-state index contributed by atoms with van der Waals surface area (Å²) in [6.45, 7) is 21.7. The van der Waals surface area contributed by atoms with Gasteiger partial charge in [-0.15, -0.1) is 0 Å². The topological polar surface area (TPSA) is 141 Å². The molecular formula is C24H51F3N2O5. The van der Waals surface area contributed by atoms with Crippen LogP contribution in [-0.4, -0.2) is 46.1 Å². The van der Waals surface area contributed by atoms with Gasteiger partial charge in [-0.05, 0) is 69.2 Å². The maximum Gasteiger partial charge on any atom is 0.305 e. The molecule has 7 nitrogen and oxygen atoms in total. The fourth-order valence-electron chi connectivity index (χ4n) is 0. The van der Waals surface area contributed by atoms with Crippen LogP contribution in [0, 0.1) is 29.1 Å². The largest absolute Gasteiger partial charge is 0.481 e. The molecule has 0 atom stereocenters. The summed E-state index contributed by atoms with van der Waals surface area (Å²) in [7, 11) is 0. The van der Waals surface area contributed by atoms with Crippen LogP contribution >= 0.6 is 0 Å². The van der Waals surface area contributed by atoms with E-state index in [1.165, 1.54) is 27.7 Å². The molecule has 1 amide bonds. The first-order chi connectivity index (χ1) is 14.8. The second-order valence-electron chi connectivity index (χ2n) is 8.68. The molecule has 0 aliphatic carbocycles. The van der Waals surface area contributed by atoms with Crippen molar-refractivity contribution in [3.05, 3.63) is 0 Å². The van der Waals surface area contributed by atoms with Gasteiger partial charge in [0.15, 0.2) is 0 Å². The smallest absolute Gasteiger partial charge is 0.305 e. The predicted molar refractivity (Wildman–Crippen MR) is 133 cm³/mol. The first-order valence-corrected chi connectivity index (χ1v) is 10.8. The van der Waals surface area contributed by atoms with Gasteiger partial charge in [0.05, 0.1) is 18.2 Å². The van der Waals surface area contributed by atoms with Gasteiger partial charge in [-0.1, -0.05) is 27.7 Å². The van der Waals surface area contributed by atoms with Crippen molar-refractivity contribution in [2.45, 2.75) is 115 Å². The van der Waals surface area contributed by atoms with E-state index in [1.807, 2.05) is 19.9 Å². The molecule has 0 aliphatic heterocycles. The Hall–Kier alpha value is -2.15. The van der Waals surface area contributed by atoms with E-state index < -0.39 is 18.1 Å². The van der Waals surface area contributed by atoms with E-state index in [1.54, 1.807) is 41.5 Å². The van der Waals surface area contributed by atoms with Crippen LogP contribution in [0.5, 0.6) is 0 Å². The molecule has 0 spiro atoms. The number of hydrogen-bond acceptors (Lipinski definition) is 5. The second kappa shape index (κ2) is 33.0. The van der Waals surface area contributed by atoms with Gasteiger partial charge in [-0.2, -0.15) is 5.26 Å². The molecule has 0 unspecified atom stereocenters. The third kappa shape index (κ3) is 403. The maximum absolute atomic E-state index is 11.0. The number of ketones is 1. The van der Waals surface area contributed by atoms with Crippen LogP contribution in [-0.2, 0) is 14.4 Å². The van der Waals surface area contributed by atoms with Crippen molar-refractivity contribution in [2.24, 2.45) is 23.5 Å². The fourth-order valence-corrected chi connectivity index (χ4v) is 0. The highest BCUT2D eigenvalue weighted by Gasteiger charge is 2.08. The van der Waals surface area contributed by atoms with E-state index in [2.05, 4.69) is 0 Å². The number of nitrogens with zero attached hydrogens (tertiary/aromatic N) is 1. The number of halogens is 3. The molecule has 0 aromatic carbocycles. The molecule has 34 heavy (non-hydrogen) atoms. The van der Waals surface area contributed by atoms with Gasteiger partial charge in [-0.3, -0.25) is 9.59 Å². The first-order valence-electron chi connectivity index (χ1n) is 10.8. The molecular weight excluding hydrogens is 453 g/mol. The molecule has 0 bridgehead atoms. The van der Waals surface area contributed by atoms with E-state index >= 15 is 0 Å². The van der Waals surface area contributed by atoms with Gasteiger partial charge in [0, 0.05) is 17.9 Å². The lowest BCUT2D eigenvalue weighted by Gasteiger charge is -1.94. The number of aliphatic carboxylic acids is 1. The molecule has 0 heterocycles. The molecule has 10 heteroatoms. The number of primary amides is 1. The first kappa shape index (κ1) is 49.1. The number of carbonyl (C=O) groups excluding carboxylic acids is 2. The maximum atomic E-state index is 11.0. The summed E-state index contributed by atoms with van der Waals surface area (Å²) < 4.78 is 33.0. The SMILES string of the molecule is CC(C)(F)F.CC(C)=O.CC(C)C#N.CC(C)C(=O)O.CC(C)C(N)=O.CC(C)F.CC(C)O. The quantitative estimate of drug-likeness (QED) is 0.419. The zero-order chi connectivity index (χ0) is 29.8. The molecule has 0 saturated carbocycles. The molecule has 0 fully saturated rings. The number of carbonyl (C=O) groups is 3. The van der Waals surface area contributed by atoms with Crippen LogP contribution in [0.3, 0.4) is 0 Å². The number of Topliss-reactive ketones (excluding diaryl/α,β-unsaturated/α-hetero) is 1. The van der Waals surface area contributed by atoms with Crippen molar-refractivity contribution in [1.29, 1.82) is 5.26 Å². The Morgan fingerprint density at radius 2 is 0.941 bits per heavy atom. The van der Waals surface area contributed by atoms with Gasteiger partial charge < -0.3 is 20.7 Å². The Morgan fingerprint density at radius 3 is 0.941 bits per heavy atom. The van der Waals surface area contributed by atoms with Gasteiger partial charge in [-0.25, -0.2) is 13.2 Å². The van der Waals surface area contributed by atoms with Gasteiger partial charge >= 0.3 is 5.97 Å². The standard InChI is InChI=1S/C4H9NO.C4H7N.C4H8O2.C3H6F2.C3H7F.C3H8O.C3H6O/c1-3(2)4(5)6;1-4(2)3-5;1-3(2)4(5)6;1-3(2,4)5;3*1-3(2)4/h3H,1-2H3,(H2,5,6);4H,1-2H3;3H,1-2H3,(H,5,6);1-2H3;3H,1-2H3;3-4H,1-2H3;1-2H3. The van der Waals surface area contributed by atoms with Crippen LogP contribution in [0.1, 0.15) is 96.9 Å². The van der Waals surface area contributed by atoms with Crippen molar-refractivity contribution >= 4 is 17.7 Å². The average molecular weight is 505 g/mol. The van der Waals surface area contributed by atoms with Crippen LogP contribution in [0.25, 0.3) is 0 Å². The van der Waals surface area contributed by atoms with Crippen molar-refractivity contribution in [3.63, 3.8) is 0 Å². The van der Waals surface area contributed by atoms with Crippen molar-refractivity contribution in [2.75, 3.05) is 0 Å². The molecule has 0 aromatic rings. The van der Waals surface area contributed by atoms with Crippen LogP contribution < -0.4 is 5.73 Å². The number of aliphatic hydroxyl groups is 1. The number of amides is 1. The van der Waals surface area contributed by atoms with Crippen LogP contribution in [0.15, 0.2) is 0 Å². The number of carboxylic acids is 1. The zero-order valence-corrected chi connectivity index (χ0v) is 23.7. The second-order valence-corrected chi connectivity index (χ2v) is 8.68. The van der Waals surface area contributed by atoms with Crippen molar-refractivity contribution < 1.29 is 37.8 Å². The number of nitrogens with two attached hydrogens (primary N) is 1. The number of nitriles is 1. The summed E-state index contributed by atoms with van der Waals surface area (Å²) in [4.78, 5) is 29.1. The molecule has 208 valence electrons. The number of rotatable bonds is 2. The summed E-state index contributed by atoms with van der Waals surface area (Å²) in [5, 5.41) is 23.9. The lowest BCUT2D eigenvalue weighted by Crippen LogP contribution is -2.17. The van der Waals surface area contributed by atoms with Crippen molar-refractivity contribution in [3.8, 4) is 6.07 Å². The number of hydrogen-bond donors (Lipinski definition) is 3. The predicted octanol–water partition coefficient (Wildman–Crippen LogP) is 6.03. The minimum Gasteiger partial charge on any atom is -0.481 e. The summed E-state index contributed by atoms with van der Waals surface area (Å²) in [5.74, 6) is -3.37. The van der Waals surface area contributed by atoms with Crippen LogP contribution in [0.2, 0.25) is 0 Å². The molecule has 4 N–H and O–H groups in total. The highest BCUT2D eigenvalue weighted by Crippen LogP contribution is 2.06. The number of aliphatic hydroxyl groups excluding tert-OH is 1. The molecule has 0 saturated heterocycles. The minimum absolute atomic E-state index is 0.00926. The minimum atomic E-state index is -2.50. The highest BCUT2D eigenvalue weighted by molar-refractivity contribution is 5.75. The molecule has 0 aromatic heterocycles. The van der Waals surface area contributed by atoms with E-state index in [0.29, 0.717) is 0 Å². The Bertz CT molecular complexity index is 458. The molecule has 0 rings (SSSR count). The van der Waals surface area contributed by atoms with E-state index in [4.69, 9.17) is 21.2 Å². The Morgan fingerprint density at radius 1 is 0.853 bits per heavy atom. The number of alkyl halides is 3. The Balaban J connectivity index is -0.0000000504. The zero-order valence-electron chi connectivity index (χ0n) is 23.7. The Labute approximate surface area is 205 Å². The van der Waals surface area contributed by atoms with Crippen molar-refractivity contribution in [1.82, 2.24) is 0 Å². The number of carboxylic acid groups (broad SMARTS) is 1. The third-order valence-corrected chi connectivity index (χ3v) is 1.32. The molecule has 0 aliphatic rings. The lowest BCUT2D eigenvalue weighted by atomic mass is 10.2. The van der Waals surface area contributed by atoms with E-state index in [-0.39, 0.29) is 35.5 Å². The summed E-state index contributed by atoms with van der Waals surface area (Å²) in [5.41, 5.74) is 4.80. The lowest BCUT2D eigenvalue weighted by molar-refractivity contribution is -0.140. The molecule has 0 radical (unpaired) electrons. The third-order valence-electron chi connectivity index (χ3n) is 1.32. The Kier molecular flexibility index (Phi) is 47.7. The fraction of sp³-hybridized carbons (Fsp3) is 0.833. The summed E-state index contributed by atoms with van der Waals surface area (Å²) in [6.07, 6.45) is -0.833. The normalized spacial score (nSPS) is 9.00. The van der Waals surface area contributed by atoms with Gasteiger partial charge in [0.25, 0.3) is 0 Å². The summed E-state index contributed by atoms with van der Waals surface area (Å²) >= 11 is 0.